The number of fused-ring (bicyclic) bond motifs is 2. The summed E-state index contributed by atoms with van der Waals surface area (Å²) in [6.45, 7) is 3.59. The number of rotatable bonds is 2. The van der Waals surface area contributed by atoms with Crippen LogP contribution in [0.25, 0.3) is 5.70 Å². The Morgan fingerprint density at radius 1 is 1.35 bits per heavy atom. The van der Waals surface area contributed by atoms with E-state index in [0.29, 0.717) is 38.5 Å². The predicted octanol–water partition coefficient (Wildman–Crippen LogP) is -0.0540. The van der Waals surface area contributed by atoms with Crippen LogP contribution in [0.2, 0.25) is 0 Å². The minimum Gasteiger partial charge on any atom is -0.378 e. The van der Waals surface area contributed by atoms with Crippen LogP contribution in [0.5, 0.6) is 0 Å². The fourth-order valence-corrected chi connectivity index (χ4v) is 3.23. The van der Waals surface area contributed by atoms with Gasteiger partial charge >= 0.3 is 6.03 Å². The zero-order valence-electron chi connectivity index (χ0n) is 13.0. The van der Waals surface area contributed by atoms with Crippen molar-refractivity contribution < 1.29 is 14.3 Å². The van der Waals surface area contributed by atoms with Crippen molar-refractivity contribution in [2.45, 2.75) is 6.04 Å². The number of hydrogen-bond donors (Lipinski definition) is 0. The van der Waals surface area contributed by atoms with Gasteiger partial charge in [0.25, 0.3) is 5.91 Å². The molecule has 3 aliphatic rings. The molecule has 23 heavy (non-hydrogen) atoms. The van der Waals surface area contributed by atoms with E-state index in [4.69, 9.17) is 4.74 Å². The highest BCUT2D eigenvalue weighted by Gasteiger charge is 2.37. The first-order chi connectivity index (χ1) is 11.1. The van der Waals surface area contributed by atoms with Gasteiger partial charge in [-0.2, -0.15) is 5.10 Å². The molecule has 1 aromatic heterocycles. The van der Waals surface area contributed by atoms with Crippen LogP contribution in [-0.4, -0.2) is 88.9 Å². The molecule has 4 heterocycles. The summed E-state index contributed by atoms with van der Waals surface area (Å²) in [6.07, 6.45) is 3.84. The quantitative estimate of drug-likeness (QED) is 0.766. The summed E-state index contributed by atoms with van der Waals surface area (Å²) >= 11 is 0. The number of ether oxygens (including phenoxy) is 1. The van der Waals surface area contributed by atoms with Crippen molar-refractivity contribution in [2.75, 3.05) is 46.4 Å². The molecule has 1 unspecified atom stereocenters. The van der Waals surface area contributed by atoms with Crippen molar-refractivity contribution in [3.63, 3.8) is 0 Å². The molecule has 0 aromatic carbocycles. The highest BCUT2D eigenvalue weighted by molar-refractivity contribution is 5.92. The standard InChI is InChI=1S/C15H19N5O3/c1-17-11-8-12(10-19(9-11)15(17)22)20-3-2-13(16-20)14(21)18-4-6-23-7-5-18/h2-3,8,11H,4-7,9-10H2,1H3. The molecule has 2 saturated heterocycles. The van der Waals surface area contributed by atoms with Crippen LogP contribution in [0.3, 0.4) is 0 Å². The summed E-state index contributed by atoms with van der Waals surface area (Å²) in [6, 6.07) is 1.85. The van der Waals surface area contributed by atoms with Crippen LogP contribution >= 0.6 is 0 Å². The topological polar surface area (TPSA) is 70.9 Å². The van der Waals surface area contributed by atoms with Gasteiger partial charge in [0.15, 0.2) is 5.69 Å². The Labute approximate surface area is 133 Å². The van der Waals surface area contributed by atoms with Gasteiger partial charge < -0.3 is 19.4 Å². The molecule has 1 atom stereocenters. The van der Waals surface area contributed by atoms with E-state index in [9.17, 15) is 9.59 Å². The van der Waals surface area contributed by atoms with E-state index in [-0.39, 0.29) is 18.0 Å². The highest BCUT2D eigenvalue weighted by Crippen LogP contribution is 2.25. The summed E-state index contributed by atoms with van der Waals surface area (Å²) in [5.74, 6) is -0.0695. The predicted molar refractivity (Wildman–Crippen MR) is 81.7 cm³/mol. The number of hydrogen-bond acceptors (Lipinski definition) is 4. The number of likely N-dealkylation sites (N-methyl/N-ethyl adjacent to an activating group) is 1. The van der Waals surface area contributed by atoms with Crippen LogP contribution < -0.4 is 0 Å². The van der Waals surface area contributed by atoms with Gasteiger partial charge in [0.05, 0.1) is 31.5 Å². The number of urea groups is 1. The van der Waals surface area contributed by atoms with Gasteiger partial charge in [-0.1, -0.05) is 0 Å². The average Bonchev–Trinajstić information content (AvgIpc) is 3.16. The molecule has 2 bridgehead atoms. The molecule has 0 aliphatic carbocycles. The van der Waals surface area contributed by atoms with Crippen molar-refractivity contribution in [3.8, 4) is 0 Å². The van der Waals surface area contributed by atoms with E-state index < -0.39 is 0 Å². The van der Waals surface area contributed by atoms with Crippen molar-refractivity contribution >= 4 is 17.6 Å². The molecule has 4 rings (SSSR count). The first-order valence-corrected chi connectivity index (χ1v) is 7.79. The Kier molecular flexibility index (Phi) is 3.33. The van der Waals surface area contributed by atoms with Crippen molar-refractivity contribution in [1.82, 2.24) is 24.5 Å². The lowest BCUT2D eigenvalue weighted by Crippen LogP contribution is -2.40. The Morgan fingerprint density at radius 3 is 2.87 bits per heavy atom. The molecule has 3 aliphatic heterocycles. The van der Waals surface area contributed by atoms with E-state index in [0.717, 1.165) is 12.2 Å². The Balaban J connectivity index is 1.53. The van der Waals surface area contributed by atoms with E-state index in [2.05, 4.69) is 11.2 Å². The summed E-state index contributed by atoms with van der Waals surface area (Å²) < 4.78 is 6.97. The first kappa shape index (κ1) is 14.3. The molecule has 1 aromatic rings. The monoisotopic (exact) mass is 317 g/mol. The van der Waals surface area contributed by atoms with Crippen LogP contribution in [0.15, 0.2) is 18.3 Å². The molecule has 0 spiro atoms. The van der Waals surface area contributed by atoms with E-state index in [1.165, 1.54) is 0 Å². The minimum atomic E-state index is -0.0695. The maximum absolute atomic E-state index is 12.4. The fraction of sp³-hybridized carbons (Fsp3) is 0.533. The SMILES string of the molecule is CN1C(=O)N2CC(n3ccc(C(=O)N4CCOCC4)n3)=CC1C2. The summed E-state index contributed by atoms with van der Waals surface area (Å²) in [5, 5.41) is 4.42. The molecule has 0 saturated carbocycles. The van der Waals surface area contributed by atoms with Gasteiger partial charge in [-0.05, 0) is 12.1 Å². The molecule has 0 N–H and O–H groups in total. The van der Waals surface area contributed by atoms with Crippen LogP contribution in [0.4, 0.5) is 4.79 Å². The third-order valence-electron chi connectivity index (χ3n) is 4.62. The Hall–Kier alpha value is -2.35. The number of carbonyl (C=O) groups is 2. The maximum atomic E-state index is 12.4. The Morgan fingerprint density at radius 2 is 2.13 bits per heavy atom. The normalized spacial score (nSPS) is 24.2. The largest absolute Gasteiger partial charge is 0.378 e. The van der Waals surface area contributed by atoms with Gasteiger partial charge in [-0.3, -0.25) is 4.79 Å². The molecular weight excluding hydrogens is 298 g/mol. The molecule has 0 radical (unpaired) electrons. The fourth-order valence-electron chi connectivity index (χ4n) is 3.23. The maximum Gasteiger partial charge on any atom is 0.320 e. The van der Waals surface area contributed by atoms with Gasteiger partial charge in [-0.25, -0.2) is 9.48 Å². The molecule has 8 nitrogen and oxygen atoms in total. The second kappa shape index (κ2) is 5.38. The lowest BCUT2D eigenvalue weighted by Gasteiger charge is -2.26. The minimum absolute atomic E-state index is 0.0398. The van der Waals surface area contributed by atoms with Crippen LogP contribution in [0, 0.1) is 0 Å². The molecule has 8 heteroatoms. The lowest BCUT2D eigenvalue weighted by molar-refractivity contribution is 0.0298. The van der Waals surface area contributed by atoms with Crippen molar-refractivity contribution in [1.29, 1.82) is 0 Å². The van der Waals surface area contributed by atoms with E-state index in [1.54, 1.807) is 31.6 Å². The van der Waals surface area contributed by atoms with Crippen molar-refractivity contribution in [2.24, 2.45) is 0 Å². The molecule has 3 amide bonds. The third kappa shape index (κ3) is 2.39. The Bertz CT molecular complexity index is 676. The van der Waals surface area contributed by atoms with Crippen LogP contribution in [-0.2, 0) is 4.74 Å². The second-order valence-corrected chi connectivity index (χ2v) is 6.05. The first-order valence-electron chi connectivity index (χ1n) is 7.79. The molecule has 122 valence electrons. The van der Waals surface area contributed by atoms with Gasteiger partial charge in [0.2, 0.25) is 0 Å². The number of amides is 3. The summed E-state index contributed by atoms with van der Waals surface area (Å²) in [7, 11) is 1.81. The summed E-state index contributed by atoms with van der Waals surface area (Å²) in [4.78, 5) is 29.7. The van der Waals surface area contributed by atoms with Gasteiger partial charge in [0.1, 0.15) is 0 Å². The zero-order chi connectivity index (χ0) is 16.0. The number of nitrogens with zero attached hydrogens (tertiary/aromatic N) is 5. The smallest absolute Gasteiger partial charge is 0.320 e. The summed E-state index contributed by atoms with van der Waals surface area (Å²) in [5.41, 5.74) is 1.36. The number of morpholine rings is 1. The van der Waals surface area contributed by atoms with Gasteiger partial charge in [-0.15, -0.1) is 0 Å². The van der Waals surface area contributed by atoms with Crippen LogP contribution in [0.1, 0.15) is 10.5 Å². The lowest BCUT2D eigenvalue weighted by atomic mass is 10.2. The molecule has 2 fully saturated rings. The van der Waals surface area contributed by atoms with Gasteiger partial charge in [0, 0.05) is 32.9 Å². The number of carbonyl (C=O) groups excluding carboxylic acids is 2. The molecular formula is C15H19N5O3. The van der Waals surface area contributed by atoms with E-state index in [1.807, 2.05) is 7.05 Å². The van der Waals surface area contributed by atoms with Crippen molar-refractivity contribution in [3.05, 3.63) is 24.0 Å². The second-order valence-electron chi connectivity index (χ2n) is 6.05. The zero-order valence-corrected chi connectivity index (χ0v) is 13.0. The highest BCUT2D eigenvalue weighted by atomic mass is 16.5. The number of aromatic nitrogens is 2. The third-order valence-corrected chi connectivity index (χ3v) is 4.62. The van der Waals surface area contributed by atoms with E-state index >= 15 is 0 Å². The average molecular weight is 317 g/mol.